The van der Waals surface area contributed by atoms with E-state index in [-0.39, 0.29) is 0 Å². The maximum atomic E-state index is 6.02. The van der Waals surface area contributed by atoms with E-state index in [0.717, 1.165) is 25.4 Å². The highest BCUT2D eigenvalue weighted by Gasteiger charge is 2.14. The van der Waals surface area contributed by atoms with Crippen LogP contribution in [0.2, 0.25) is 0 Å². The minimum Gasteiger partial charge on any atom is -0.326 e. The van der Waals surface area contributed by atoms with Crippen LogP contribution in [0.1, 0.15) is 5.56 Å². The molecule has 0 bridgehead atoms. The molecular formula is C12H18N2S. The molecule has 1 heterocycles. The minimum atomic E-state index is 0.334. The Kier molecular flexibility index (Phi) is 4.06. The molecule has 1 atom stereocenters. The minimum absolute atomic E-state index is 0.334. The molecule has 0 aliphatic carbocycles. The molecule has 0 unspecified atom stereocenters. The molecule has 1 saturated heterocycles. The number of hydrogen-bond donors (Lipinski definition) is 1. The summed E-state index contributed by atoms with van der Waals surface area (Å²) in [5.74, 6) is 2.31. The van der Waals surface area contributed by atoms with Crippen molar-refractivity contribution in [3.63, 3.8) is 0 Å². The average molecular weight is 222 g/mol. The molecule has 1 fully saturated rings. The number of nitrogens with zero attached hydrogens (tertiary/aromatic N) is 1. The molecule has 0 saturated carbocycles. The van der Waals surface area contributed by atoms with Gasteiger partial charge in [0.1, 0.15) is 0 Å². The number of benzene rings is 1. The fourth-order valence-electron chi connectivity index (χ4n) is 1.89. The predicted octanol–water partition coefficient (Wildman–Crippen LogP) is 1.56. The van der Waals surface area contributed by atoms with Crippen LogP contribution >= 0.6 is 11.8 Å². The smallest absolute Gasteiger partial charge is 0.0259 e. The van der Waals surface area contributed by atoms with Crippen LogP contribution in [0.15, 0.2) is 30.3 Å². The molecular weight excluding hydrogens is 204 g/mol. The lowest BCUT2D eigenvalue weighted by atomic mass is 10.2. The maximum absolute atomic E-state index is 6.02. The first-order valence-electron chi connectivity index (χ1n) is 5.44. The third kappa shape index (κ3) is 3.52. The highest BCUT2D eigenvalue weighted by atomic mass is 32.2. The van der Waals surface area contributed by atoms with Gasteiger partial charge in [-0.3, -0.25) is 4.90 Å². The molecule has 2 N–H and O–H groups in total. The van der Waals surface area contributed by atoms with Crippen molar-refractivity contribution < 1.29 is 0 Å². The van der Waals surface area contributed by atoms with Gasteiger partial charge < -0.3 is 5.73 Å². The van der Waals surface area contributed by atoms with Gasteiger partial charge >= 0.3 is 0 Å². The number of thioether (sulfide) groups is 1. The van der Waals surface area contributed by atoms with Crippen molar-refractivity contribution in [2.75, 3.05) is 24.6 Å². The second-order valence-electron chi connectivity index (χ2n) is 4.06. The second kappa shape index (κ2) is 5.54. The molecule has 0 amide bonds. The molecule has 1 aromatic rings. The van der Waals surface area contributed by atoms with Gasteiger partial charge in [-0.25, -0.2) is 0 Å². The van der Waals surface area contributed by atoms with Gasteiger partial charge in [-0.05, 0) is 5.56 Å². The standard InChI is InChI=1S/C12H18N2S/c13-12-9-14(6-7-15-10-12)8-11-4-2-1-3-5-11/h1-5,12H,6-10,13H2/t12-/m0/s1. The maximum Gasteiger partial charge on any atom is 0.0259 e. The summed E-state index contributed by atoms with van der Waals surface area (Å²) < 4.78 is 0. The van der Waals surface area contributed by atoms with Gasteiger partial charge in [-0.2, -0.15) is 11.8 Å². The summed E-state index contributed by atoms with van der Waals surface area (Å²) in [5, 5.41) is 0. The highest BCUT2D eigenvalue weighted by molar-refractivity contribution is 7.99. The number of nitrogens with two attached hydrogens (primary N) is 1. The van der Waals surface area contributed by atoms with E-state index in [1.54, 1.807) is 0 Å². The van der Waals surface area contributed by atoms with Gasteiger partial charge in [0.05, 0.1) is 0 Å². The van der Waals surface area contributed by atoms with E-state index in [1.165, 1.54) is 11.3 Å². The largest absolute Gasteiger partial charge is 0.326 e. The summed E-state index contributed by atoms with van der Waals surface area (Å²) in [5.41, 5.74) is 7.40. The predicted molar refractivity (Wildman–Crippen MR) is 67.0 cm³/mol. The molecule has 1 aromatic carbocycles. The Balaban J connectivity index is 1.93. The van der Waals surface area contributed by atoms with Gasteiger partial charge in [0.2, 0.25) is 0 Å². The molecule has 3 heteroatoms. The summed E-state index contributed by atoms with van der Waals surface area (Å²) in [6.45, 7) is 3.23. The van der Waals surface area contributed by atoms with Crippen LogP contribution in [-0.2, 0) is 6.54 Å². The molecule has 0 aromatic heterocycles. The first-order valence-corrected chi connectivity index (χ1v) is 6.59. The molecule has 15 heavy (non-hydrogen) atoms. The molecule has 1 aliphatic rings. The van der Waals surface area contributed by atoms with Crippen molar-refractivity contribution in [3.05, 3.63) is 35.9 Å². The van der Waals surface area contributed by atoms with Crippen LogP contribution in [0, 0.1) is 0 Å². The van der Waals surface area contributed by atoms with Crippen LogP contribution in [0.3, 0.4) is 0 Å². The van der Waals surface area contributed by atoms with Crippen LogP contribution in [-0.4, -0.2) is 35.5 Å². The van der Waals surface area contributed by atoms with Gasteiger partial charge in [0.15, 0.2) is 0 Å². The van der Waals surface area contributed by atoms with E-state index in [0.29, 0.717) is 6.04 Å². The van der Waals surface area contributed by atoms with Crippen molar-refractivity contribution in [2.24, 2.45) is 5.73 Å². The SMILES string of the molecule is N[C@@H]1CSCCN(Cc2ccccc2)C1. The van der Waals surface area contributed by atoms with Gasteiger partial charge in [0.25, 0.3) is 0 Å². The molecule has 2 nitrogen and oxygen atoms in total. The summed E-state index contributed by atoms with van der Waals surface area (Å²) in [6.07, 6.45) is 0. The van der Waals surface area contributed by atoms with E-state index in [9.17, 15) is 0 Å². The Hall–Kier alpha value is -0.510. The Labute approximate surface area is 95.8 Å². The number of hydrogen-bond acceptors (Lipinski definition) is 3. The Morgan fingerprint density at radius 3 is 2.93 bits per heavy atom. The second-order valence-corrected chi connectivity index (χ2v) is 5.21. The van der Waals surface area contributed by atoms with E-state index < -0.39 is 0 Å². The molecule has 82 valence electrons. The summed E-state index contributed by atoms with van der Waals surface area (Å²) >= 11 is 1.97. The summed E-state index contributed by atoms with van der Waals surface area (Å²) in [7, 11) is 0. The Bertz CT molecular complexity index is 289. The van der Waals surface area contributed by atoms with Crippen molar-refractivity contribution in [2.45, 2.75) is 12.6 Å². The zero-order chi connectivity index (χ0) is 10.5. The third-order valence-corrected chi connectivity index (χ3v) is 3.76. The van der Waals surface area contributed by atoms with Crippen LogP contribution in [0.4, 0.5) is 0 Å². The molecule has 0 spiro atoms. The van der Waals surface area contributed by atoms with E-state index >= 15 is 0 Å². The molecule has 2 rings (SSSR count). The van der Waals surface area contributed by atoms with Crippen molar-refractivity contribution >= 4 is 11.8 Å². The van der Waals surface area contributed by atoms with Crippen LogP contribution in [0.5, 0.6) is 0 Å². The van der Waals surface area contributed by atoms with Crippen molar-refractivity contribution in [1.82, 2.24) is 4.90 Å². The van der Waals surface area contributed by atoms with Crippen LogP contribution in [0.25, 0.3) is 0 Å². The number of rotatable bonds is 2. The molecule has 0 radical (unpaired) electrons. The summed E-state index contributed by atoms with van der Waals surface area (Å²) in [6, 6.07) is 11.0. The van der Waals surface area contributed by atoms with E-state index in [2.05, 4.69) is 35.2 Å². The zero-order valence-corrected chi connectivity index (χ0v) is 9.75. The van der Waals surface area contributed by atoms with E-state index in [4.69, 9.17) is 5.73 Å². The van der Waals surface area contributed by atoms with Gasteiger partial charge in [-0.15, -0.1) is 0 Å². The van der Waals surface area contributed by atoms with Gasteiger partial charge in [0, 0.05) is 37.2 Å². The van der Waals surface area contributed by atoms with E-state index in [1.807, 2.05) is 11.8 Å². The average Bonchev–Trinajstić information content (AvgIpc) is 2.44. The highest BCUT2D eigenvalue weighted by Crippen LogP contribution is 2.12. The fourth-order valence-corrected chi connectivity index (χ4v) is 2.85. The van der Waals surface area contributed by atoms with Crippen molar-refractivity contribution in [3.8, 4) is 0 Å². The Morgan fingerprint density at radius 1 is 1.33 bits per heavy atom. The monoisotopic (exact) mass is 222 g/mol. The lowest BCUT2D eigenvalue weighted by molar-refractivity contribution is 0.274. The first-order chi connectivity index (χ1) is 7.34. The molecule has 1 aliphatic heterocycles. The Morgan fingerprint density at radius 2 is 2.13 bits per heavy atom. The topological polar surface area (TPSA) is 29.3 Å². The van der Waals surface area contributed by atoms with Crippen LogP contribution < -0.4 is 5.73 Å². The van der Waals surface area contributed by atoms with Gasteiger partial charge in [-0.1, -0.05) is 30.3 Å². The zero-order valence-electron chi connectivity index (χ0n) is 8.93. The fraction of sp³-hybridized carbons (Fsp3) is 0.500. The lowest BCUT2D eigenvalue weighted by Crippen LogP contribution is -2.37. The third-order valence-electron chi connectivity index (χ3n) is 2.63. The summed E-state index contributed by atoms with van der Waals surface area (Å²) in [4.78, 5) is 2.46. The quantitative estimate of drug-likeness (QED) is 0.823. The van der Waals surface area contributed by atoms with Crippen molar-refractivity contribution in [1.29, 1.82) is 0 Å². The lowest BCUT2D eigenvalue weighted by Gasteiger charge is -2.21. The normalized spacial score (nSPS) is 23.7. The first kappa shape index (κ1) is 11.0.